The van der Waals surface area contributed by atoms with Crippen molar-refractivity contribution < 1.29 is 9.13 Å². The SMILES string of the molecule is Cc1ncccc1Oc1nc(N)ncc1F. The van der Waals surface area contributed by atoms with Crippen molar-refractivity contribution in [3.05, 3.63) is 36.0 Å². The van der Waals surface area contributed by atoms with Crippen molar-refractivity contribution in [1.29, 1.82) is 0 Å². The summed E-state index contributed by atoms with van der Waals surface area (Å²) in [4.78, 5) is 11.2. The van der Waals surface area contributed by atoms with Crippen LogP contribution in [0.5, 0.6) is 11.6 Å². The molecule has 0 radical (unpaired) electrons. The maximum absolute atomic E-state index is 13.3. The average molecular weight is 220 g/mol. The van der Waals surface area contributed by atoms with Gasteiger partial charge in [-0.25, -0.2) is 4.98 Å². The number of nitrogens with zero attached hydrogens (tertiary/aromatic N) is 3. The molecule has 0 aliphatic carbocycles. The molecule has 0 saturated carbocycles. The molecule has 2 heterocycles. The van der Waals surface area contributed by atoms with E-state index in [2.05, 4.69) is 15.0 Å². The topological polar surface area (TPSA) is 73.9 Å². The van der Waals surface area contributed by atoms with Gasteiger partial charge in [0.15, 0.2) is 5.75 Å². The summed E-state index contributed by atoms with van der Waals surface area (Å²) in [5.74, 6) is -0.488. The molecule has 5 nitrogen and oxygen atoms in total. The van der Waals surface area contributed by atoms with Crippen LogP contribution in [0.25, 0.3) is 0 Å². The highest BCUT2D eigenvalue weighted by Gasteiger charge is 2.09. The molecular formula is C10H9FN4O. The lowest BCUT2D eigenvalue weighted by Gasteiger charge is -2.07. The Morgan fingerprint density at radius 2 is 2.19 bits per heavy atom. The Balaban J connectivity index is 2.34. The van der Waals surface area contributed by atoms with Crippen LogP contribution in [0.2, 0.25) is 0 Å². The number of rotatable bonds is 2. The first-order chi connectivity index (χ1) is 7.66. The van der Waals surface area contributed by atoms with Crippen molar-refractivity contribution in [2.24, 2.45) is 0 Å². The third-order valence-electron chi connectivity index (χ3n) is 1.90. The van der Waals surface area contributed by atoms with Crippen LogP contribution in [-0.4, -0.2) is 15.0 Å². The van der Waals surface area contributed by atoms with Crippen molar-refractivity contribution in [2.45, 2.75) is 6.92 Å². The maximum atomic E-state index is 13.3. The molecule has 16 heavy (non-hydrogen) atoms. The van der Waals surface area contributed by atoms with E-state index in [-0.39, 0.29) is 11.8 Å². The van der Waals surface area contributed by atoms with Crippen molar-refractivity contribution in [1.82, 2.24) is 15.0 Å². The van der Waals surface area contributed by atoms with E-state index in [0.717, 1.165) is 6.20 Å². The molecule has 0 aromatic carbocycles. The van der Waals surface area contributed by atoms with E-state index in [4.69, 9.17) is 10.5 Å². The van der Waals surface area contributed by atoms with Gasteiger partial charge in [0.25, 0.3) is 5.88 Å². The zero-order chi connectivity index (χ0) is 11.5. The number of hydrogen-bond acceptors (Lipinski definition) is 5. The Bertz CT molecular complexity index is 518. The van der Waals surface area contributed by atoms with Crippen LogP contribution in [0.4, 0.5) is 10.3 Å². The van der Waals surface area contributed by atoms with Gasteiger partial charge >= 0.3 is 0 Å². The van der Waals surface area contributed by atoms with Gasteiger partial charge in [-0.3, -0.25) is 4.98 Å². The summed E-state index contributed by atoms with van der Waals surface area (Å²) in [6.45, 7) is 1.75. The van der Waals surface area contributed by atoms with E-state index >= 15 is 0 Å². The highest BCUT2D eigenvalue weighted by molar-refractivity contribution is 5.31. The normalized spacial score (nSPS) is 10.1. The second-order valence-corrected chi connectivity index (χ2v) is 3.07. The van der Waals surface area contributed by atoms with Gasteiger partial charge in [-0.05, 0) is 19.1 Å². The highest BCUT2D eigenvalue weighted by Crippen LogP contribution is 2.23. The summed E-state index contributed by atoms with van der Waals surface area (Å²) in [5, 5.41) is 0. The molecule has 0 unspecified atom stereocenters. The highest BCUT2D eigenvalue weighted by atomic mass is 19.1. The molecule has 82 valence electrons. The molecule has 0 fully saturated rings. The van der Waals surface area contributed by atoms with Crippen molar-refractivity contribution in [3.63, 3.8) is 0 Å². The number of pyridine rings is 1. The molecule has 0 aliphatic rings. The van der Waals surface area contributed by atoms with Crippen molar-refractivity contribution in [2.75, 3.05) is 5.73 Å². The van der Waals surface area contributed by atoms with E-state index in [1.165, 1.54) is 0 Å². The van der Waals surface area contributed by atoms with E-state index < -0.39 is 5.82 Å². The van der Waals surface area contributed by atoms with Crippen LogP contribution >= 0.6 is 0 Å². The van der Waals surface area contributed by atoms with Gasteiger partial charge in [0.1, 0.15) is 0 Å². The van der Waals surface area contributed by atoms with Gasteiger partial charge in [-0.2, -0.15) is 9.37 Å². The third-order valence-corrected chi connectivity index (χ3v) is 1.90. The van der Waals surface area contributed by atoms with Crippen LogP contribution in [0.3, 0.4) is 0 Å². The van der Waals surface area contributed by atoms with Gasteiger partial charge in [0.2, 0.25) is 11.8 Å². The fourth-order valence-corrected chi connectivity index (χ4v) is 1.12. The Labute approximate surface area is 91.1 Å². The van der Waals surface area contributed by atoms with E-state index in [0.29, 0.717) is 11.4 Å². The molecule has 2 aromatic rings. The molecule has 0 amide bonds. The van der Waals surface area contributed by atoms with Crippen LogP contribution in [0.15, 0.2) is 24.5 Å². The Morgan fingerprint density at radius 1 is 1.38 bits per heavy atom. The van der Waals surface area contributed by atoms with Gasteiger partial charge in [0, 0.05) is 6.20 Å². The quantitative estimate of drug-likeness (QED) is 0.833. The lowest BCUT2D eigenvalue weighted by Crippen LogP contribution is -2.00. The molecule has 0 spiro atoms. The molecule has 6 heteroatoms. The second-order valence-electron chi connectivity index (χ2n) is 3.07. The standard InChI is InChI=1S/C10H9FN4O/c1-6-8(3-2-4-13-6)16-9-7(11)5-14-10(12)15-9/h2-5H,1H3,(H2,12,14,15). The van der Waals surface area contributed by atoms with E-state index in [1.807, 2.05) is 0 Å². The van der Waals surface area contributed by atoms with Gasteiger partial charge < -0.3 is 10.5 Å². The number of anilines is 1. The minimum Gasteiger partial charge on any atom is -0.434 e. The molecule has 0 aliphatic heterocycles. The summed E-state index contributed by atoms with van der Waals surface area (Å²) in [6, 6.07) is 3.35. The number of nitrogen functional groups attached to an aromatic ring is 1. The first-order valence-corrected chi connectivity index (χ1v) is 4.54. The van der Waals surface area contributed by atoms with E-state index in [1.54, 1.807) is 25.3 Å². The van der Waals surface area contributed by atoms with Gasteiger partial charge in [-0.1, -0.05) is 0 Å². The third kappa shape index (κ3) is 2.05. The van der Waals surface area contributed by atoms with Crippen molar-refractivity contribution in [3.8, 4) is 11.6 Å². The van der Waals surface area contributed by atoms with Crippen LogP contribution in [0, 0.1) is 12.7 Å². The lowest BCUT2D eigenvalue weighted by atomic mass is 10.3. The summed E-state index contributed by atoms with van der Waals surface area (Å²) < 4.78 is 18.5. The summed E-state index contributed by atoms with van der Waals surface area (Å²) in [5.41, 5.74) is 5.97. The molecule has 0 saturated heterocycles. The predicted molar refractivity (Wildman–Crippen MR) is 55.5 cm³/mol. The molecular weight excluding hydrogens is 211 g/mol. The first-order valence-electron chi connectivity index (χ1n) is 4.54. The Morgan fingerprint density at radius 3 is 2.94 bits per heavy atom. The molecule has 2 N–H and O–H groups in total. The maximum Gasteiger partial charge on any atom is 0.260 e. The minimum absolute atomic E-state index is 0.0436. The number of ether oxygens (including phenoxy) is 1. The first kappa shape index (κ1) is 10.3. The van der Waals surface area contributed by atoms with Gasteiger partial charge in [0.05, 0.1) is 11.9 Å². The smallest absolute Gasteiger partial charge is 0.260 e. The monoisotopic (exact) mass is 220 g/mol. The van der Waals surface area contributed by atoms with Crippen molar-refractivity contribution >= 4 is 5.95 Å². The zero-order valence-electron chi connectivity index (χ0n) is 8.51. The Hall–Kier alpha value is -2.24. The number of nitrogens with two attached hydrogens (primary N) is 1. The molecule has 0 bridgehead atoms. The van der Waals surface area contributed by atoms with Gasteiger partial charge in [-0.15, -0.1) is 0 Å². The minimum atomic E-state index is -0.669. The Kier molecular flexibility index (Phi) is 2.63. The fraction of sp³-hybridized carbons (Fsp3) is 0.100. The lowest BCUT2D eigenvalue weighted by molar-refractivity contribution is 0.416. The van der Waals surface area contributed by atoms with Crippen LogP contribution < -0.4 is 10.5 Å². The number of aromatic nitrogens is 3. The number of aryl methyl sites for hydroxylation is 1. The summed E-state index contributed by atoms with van der Waals surface area (Å²) in [7, 11) is 0. The largest absolute Gasteiger partial charge is 0.434 e. The molecule has 2 aromatic heterocycles. The summed E-state index contributed by atoms with van der Waals surface area (Å²) >= 11 is 0. The van der Waals surface area contributed by atoms with Crippen LogP contribution in [-0.2, 0) is 0 Å². The average Bonchev–Trinajstić information content (AvgIpc) is 2.27. The molecule has 0 atom stereocenters. The number of hydrogen-bond donors (Lipinski definition) is 1. The summed E-state index contributed by atoms with van der Waals surface area (Å²) in [6.07, 6.45) is 2.58. The van der Waals surface area contributed by atoms with Crippen LogP contribution in [0.1, 0.15) is 5.69 Å². The predicted octanol–water partition coefficient (Wildman–Crippen LogP) is 1.69. The second kappa shape index (κ2) is 4.09. The number of halogens is 1. The zero-order valence-corrected chi connectivity index (χ0v) is 8.51. The molecule has 2 rings (SSSR count). The fourth-order valence-electron chi connectivity index (χ4n) is 1.12. The van der Waals surface area contributed by atoms with E-state index in [9.17, 15) is 4.39 Å².